The first-order chi connectivity index (χ1) is 26.5. The van der Waals surface area contributed by atoms with E-state index in [1.165, 1.54) is 6.92 Å². The van der Waals surface area contributed by atoms with Gasteiger partial charge in [0, 0.05) is 44.6 Å². The molecule has 0 bridgehead atoms. The molecule has 15 nitrogen and oxygen atoms in total. The third-order valence-corrected chi connectivity index (χ3v) is 13.7. The Morgan fingerprint density at radius 1 is 0.982 bits per heavy atom. The topological polar surface area (TPSA) is 181 Å². The molecule has 0 aliphatic carbocycles. The van der Waals surface area contributed by atoms with Crippen molar-refractivity contribution in [2.24, 2.45) is 17.8 Å². The molecular formula is C42H79N3O12. The molecule has 18 atom stereocenters. The van der Waals surface area contributed by atoms with Crippen LogP contribution in [0, 0.1) is 17.8 Å². The van der Waals surface area contributed by atoms with Crippen LogP contribution in [0.1, 0.15) is 108 Å². The van der Waals surface area contributed by atoms with Crippen molar-refractivity contribution in [2.45, 2.75) is 198 Å². The van der Waals surface area contributed by atoms with Crippen LogP contribution in [0.3, 0.4) is 0 Å². The van der Waals surface area contributed by atoms with E-state index in [9.17, 15) is 25.2 Å². The number of rotatable bonds is 9. The van der Waals surface area contributed by atoms with Crippen molar-refractivity contribution in [2.75, 3.05) is 47.6 Å². The van der Waals surface area contributed by atoms with E-state index in [0.29, 0.717) is 26.2 Å². The molecule has 2 unspecified atom stereocenters. The van der Waals surface area contributed by atoms with E-state index in [1.54, 1.807) is 34.8 Å². The van der Waals surface area contributed by atoms with Crippen LogP contribution in [0.15, 0.2) is 0 Å². The summed E-state index contributed by atoms with van der Waals surface area (Å²) in [6, 6.07) is -0.846. The minimum Gasteiger partial charge on any atom is -0.459 e. The maximum absolute atomic E-state index is 14.4. The average Bonchev–Trinajstić information content (AvgIpc) is 3.58. The lowest BCUT2D eigenvalue weighted by Gasteiger charge is -2.54. The van der Waals surface area contributed by atoms with E-state index in [4.69, 9.17) is 33.2 Å². The highest BCUT2D eigenvalue weighted by Gasteiger charge is 2.62. The molecule has 4 heterocycles. The second-order valence-electron chi connectivity index (χ2n) is 18.8. The van der Waals surface area contributed by atoms with E-state index in [0.717, 1.165) is 13.0 Å². The summed E-state index contributed by atoms with van der Waals surface area (Å²) in [6.07, 6.45) is -5.77. The summed E-state index contributed by atoms with van der Waals surface area (Å²) in [6.45, 7) is 22.6. The maximum Gasteiger partial charge on any atom is 0.311 e. The molecule has 0 aromatic rings. The number of ether oxygens (including phenoxy) is 7. The predicted octanol–water partition coefficient (Wildman–Crippen LogP) is 2.64. The van der Waals surface area contributed by atoms with Crippen molar-refractivity contribution in [1.82, 2.24) is 15.1 Å². The van der Waals surface area contributed by atoms with Gasteiger partial charge < -0.3 is 63.8 Å². The molecule has 4 aliphatic rings. The van der Waals surface area contributed by atoms with Crippen molar-refractivity contribution >= 4 is 5.97 Å². The van der Waals surface area contributed by atoms with Gasteiger partial charge in [-0.05, 0) is 101 Å². The van der Waals surface area contributed by atoms with Gasteiger partial charge in [0.25, 0.3) is 0 Å². The lowest BCUT2D eigenvalue weighted by Crippen LogP contribution is -2.68. The molecular weight excluding hydrogens is 738 g/mol. The van der Waals surface area contributed by atoms with E-state index in [-0.39, 0.29) is 37.3 Å². The molecule has 4 aliphatic heterocycles. The number of aliphatic hydroxyl groups is 4. The molecule has 15 heteroatoms. The van der Waals surface area contributed by atoms with Crippen LogP contribution < -0.4 is 5.32 Å². The summed E-state index contributed by atoms with van der Waals surface area (Å²) in [5.41, 5.74) is -4.96. The van der Waals surface area contributed by atoms with Crippen molar-refractivity contribution in [3.05, 3.63) is 0 Å². The summed E-state index contributed by atoms with van der Waals surface area (Å²) < 4.78 is 45.6. The van der Waals surface area contributed by atoms with Crippen LogP contribution in [0.25, 0.3) is 0 Å². The van der Waals surface area contributed by atoms with Gasteiger partial charge in [-0.2, -0.15) is 0 Å². The van der Waals surface area contributed by atoms with E-state index < -0.39 is 95.5 Å². The fourth-order valence-corrected chi connectivity index (χ4v) is 10.1. The largest absolute Gasteiger partial charge is 0.459 e. The Hall–Kier alpha value is -1.05. The Balaban J connectivity index is 1.79. The Labute approximate surface area is 342 Å². The van der Waals surface area contributed by atoms with Crippen molar-refractivity contribution in [3.8, 4) is 0 Å². The molecule has 5 N–H and O–H groups in total. The number of likely N-dealkylation sites (N-methyl/N-ethyl adjacent to an activating group) is 1. The quantitative estimate of drug-likeness (QED) is 0.214. The smallest absolute Gasteiger partial charge is 0.311 e. The van der Waals surface area contributed by atoms with Gasteiger partial charge in [-0.25, -0.2) is 0 Å². The monoisotopic (exact) mass is 818 g/mol. The number of cyclic esters (lactones) is 1. The SMILES string of the molecule is CCCN1COC2(C1)[C@H](C)OC(O[C@@H]1[C@H](C)[C@@H](O[C@@H]3O[C@H](C)C[C@H](N(C)C)[C@H]3O)[C@@](C)(O)C[C@@H](C)CN[C@@H](C)[C@@H](O)[C@](C)(O)[C@H](CC)OC(=O)[C@@H]1C)C[C@@]2(C)OC. The molecule has 0 saturated carbocycles. The molecule has 4 fully saturated rings. The van der Waals surface area contributed by atoms with Crippen molar-refractivity contribution in [1.29, 1.82) is 0 Å². The maximum atomic E-state index is 14.4. The Morgan fingerprint density at radius 2 is 1.65 bits per heavy atom. The van der Waals surface area contributed by atoms with Gasteiger partial charge in [0.05, 0.1) is 35.9 Å². The first-order valence-electron chi connectivity index (χ1n) is 21.4. The van der Waals surface area contributed by atoms with Gasteiger partial charge in [-0.3, -0.25) is 9.69 Å². The fraction of sp³-hybridized carbons (Fsp3) is 0.976. The molecule has 0 radical (unpaired) electrons. The third-order valence-electron chi connectivity index (χ3n) is 13.7. The number of aliphatic hydroxyl groups excluding tert-OH is 2. The average molecular weight is 818 g/mol. The fourth-order valence-electron chi connectivity index (χ4n) is 10.1. The molecule has 0 aromatic heterocycles. The van der Waals surface area contributed by atoms with Crippen LogP contribution in [-0.4, -0.2) is 174 Å². The minimum atomic E-state index is -1.79. The first-order valence-corrected chi connectivity index (χ1v) is 21.4. The zero-order valence-electron chi connectivity index (χ0n) is 37.4. The summed E-state index contributed by atoms with van der Waals surface area (Å²) >= 11 is 0. The lowest BCUT2D eigenvalue weighted by atomic mass is 9.75. The van der Waals surface area contributed by atoms with Crippen LogP contribution in [-0.2, 0) is 38.0 Å². The van der Waals surface area contributed by atoms with Gasteiger partial charge in [-0.1, -0.05) is 27.7 Å². The van der Waals surface area contributed by atoms with E-state index >= 15 is 0 Å². The minimum absolute atomic E-state index is 0.148. The molecule has 1 spiro atoms. The van der Waals surface area contributed by atoms with Gasteiger partial charge >= 0.3 is 5.97 Å². The summed E-state index contributed by atoms with van der Waals surface area (Å²) in [5, 5.41) is 50.7. The highest BCUT2D eigenvalue weighted by atomic mass is 16.7. The van der Waals surface area contributed by atoms with E-state index in [1.807, 2.05) is 53.6 Å². The first kappa shape index (κ1) is 48.6. The van der Waals surface area contributed by atoms with Crippen molar-refractivity contribution < 1.29 is 58.4 Å². The summed E-state index contributed by atoms with van der Waals surface area (Å²) in [4.78, 5) is 18.6. The van der Waals surface area contributed by atoms with Crippen LogP contribution in [0.5, 0.6) is 0 Å². The second-order valence-corrected chi connectivity index (χ2v) is 18.8. The Kier molecular flexibility index (Phi) is 16.5. The molecule has 0 aromatic carbocycles. The number of nitrogens with zero attached hydrogens (tertiary/aromatic N) is 2. The number of hydrogen-bond donors (Lipinski definition) is 5. The predicted molar refractivity (Wildman–Crippen MR) is 214 cm³/mol. The van der Waals surface area contributed by atoms with Gasteiger partial charge in [-0.15, -0.1) is 0 Å². The molecule has 57 heavy (non-hydrogen) atoms. The molecule has 4 saturated heterocycles. The van der Waals surface area contributed by atoms with Gasteiger partial charge in [0.2, 0.25) is 0 Å². The third kappa shape index (κ3) is 10.4. The number of hydrogen-bond acceptors (Lipinski definition) is 15. The van der Waals surface area contributed by atoms with Crippen LogP contribution in [0.2, 0.25) is 0 Å². The zero-order valence-corrected chi connectivity index (χ0v) is 37.4. The number of carbonyl (C=O) groups excluding carboxylic acids is 1. The number of nitrogens with one attached hydrogen (secondary N) is 1. The van der Waals surface area contributed by atoms with Gasteiger partial charge in [0.1, 0.15) is 41.8 Å². The normalized spacial score (nSPS) is 48.8. The van der Waals surface area contributed by atoms with E-state index in [2.05, 4.69) is 17.1 Å². The number of esters is 1. The van der Waals surface area contributed by atoms with Crippen molar-refractivity contribution in [3.63, 3.8) is 0 Å². The highest BCUT2D eigenvalue weighted by Crippen LogP contribution is 2.47. The number of methoxy groups -OCH3 is 1. The molecule has 0 amide bonds. The highest BCUT2D eigenvalue weighted by molar-refractivity contribution is 5.73. The number of carbonyl (C=O) groups is 1. The second kappa shape index (κ2) is 19.3. The van der Waals surface area contributed by atoms with Gasteiger partial charge in [0.15, 0.2) is 12.6 Å². The zero-order chi connectivity index (χ0) is 42.8. The summed E-state index contributed by atoms with van der Waals surface area (Å²) in [5.74, 6) is -2.52. The summed E-state index contributed by atoms with van der Waals surface area (Å²) in [7, 11) is 5.46. The molecule has 4 rings (SSSR count). The Morgan fingerprint density at radius 3 is 2.25 bits per heavy atom. The van der Waals surface area contributed by atoms with Crippen LogP contribution >= 0.6 is 0 Å². The lowest BCUT2D eigenvalue weighted by molar-refractivity contribution is -0.335. The molecule has 334 valence electrons. The Bertz CT molecular complexity index is 1290. The van der Waals surface area contributed by atoms with Crippen LogP contribution in [0.4, 0.5) is 0 Å². The standard InChI is InChI=1S/C42H79N3O12/c1-15-17-45-22-42(52-23-45)29(8)54-32(20-40(42,10)51-14)56-34-26(5)36(57-38-33(46)30(44(12)13)18-25(4)53-38)39(9,49)19-24(3)21-43-28(7)35(47)41(11,50)31(16-2)55-37(48)27(34)6/h24-36,38,43,46-47,49-50H,15-23H2,1-14H3/t24-,25-,26+,27-,28+,29+,30+,31+,32?,33-,34-,35-,36-,38+,39+,40-,41-,42?/m1/s1.